The van der Waals surface area contributed by atoms with Gasteiger partial charge in [0.05, 0.1) is 22.4 Å². The molecular weight excluding hydrogens is 400 g/mol. The van der Waals surface area contributed by atoms with Crippen LogP contribution in [0, 0.1) is 0 Å². The zero-order chi connectivity index (χ0) is 20.8. The topological polar surface area (TPSA) is 34.9 Å². The number of allylic oxidation sites excluding steroid dienone is 1. The molecule has 4 rings (SSSR count). The number of aromatic nitrogens is 2. The molecule has 5 heteroatoms. The average Bonchev–Trinajstić information content (AvgIpc) is 3.10. The van der Waals surface area contributed by atoms with Crippen LogP contribution in [0.5, 0.6) is 0 Å². The molecule has 0 unspecified atom stereocenters. The van der Waals surface area contributed by atoms with Gasteiger partial charge in [0.2, 0.25) is 0 Å². The number of hydrogen-bond donors (Lipinski definition) is 0. The largest absolute Gasteiger partial charge is 0.327 e. The first-order valence-corrected chi connectivity index (χ1v) is 11.5. The average molecular weight is 423 g/mol. The predicted molar refractivity (Wildman–Crippen MR) is 126 cm³/mol. The number of benzene rings is 3. The molecule has 0 saturated carbocycles. The Bertz CT molecular complexity index is 1130. The standard InChI is InChI=1S/C22H17ClN2.C2H6OS/c1-2-12-25-15-24-21-13-19(20(23)14-22(21)25)18-10-8-17(9-11-18)16-6-4-3-5-7-16;1-4(2)3/h2-11,13-15H,1,12H2;1-2H3. The van der Waals surface area contributed by atoms with Crippen LogP contribution in [0.15, 0.2) is 85.7 Å². The molecule has 148 valence electrons. The molecule has 0 aliphatic heterocycles. The van der Waals surface area contributed by atoms with E-state index in [0.717, 1.165) is 33.7 Å². The Kier molecular flexibility index (Phi) is 7.02. The molecule has 0 radical (unpaired) electrons. The zero-order valence-corrected chi connectivity index (χ0v) is 18.1. The zero-order valence-electron chi connectivity index (χ0n) is 16.5. The minimum atomic E-state index is -0.611. The Morgan fingerprint density at radius 3 is 2.21 bits per heavy atom. The van der Waals surface area contributed by atoms with Gasteiger partial charge in [-0.25, -0.2) is 4.98 Å². The van der Waals surface area contributed by atoms with Crippen LogP contribution in [0.1, 0.15) is 0 Å². The number of rotatable bonds is 4. The van der Waals surface area contributed by atoms with E-state index < -0.39 is 10.8 Å². The SMILES string of the molecule is C=CCn1cnc2cc(-c3ccc(-c4ccccc4)cc3)c(Cl)cc21.CS(C)=O. The van der Waals surface area contributed by atoms with Gasteiger partial charge in [-0.2, -0.15) is 0 Å². The molecule has 0 aliphatic rings. The molecule has 0 bridgehead atoms. The van der Waals surface area contributed by atoms with Crippen LogP contribution < -0.4 is 0 Å². The van der Waals surface area contributed by atoms with E-state index in [9.17, 15) is 4.21 Å². The van der Waals surface area contributed by atoms with E-state index >= 15 is 0 Å². The Morgan fingerprint density at radius 1 is 1.00 bits per heavy atom. The summed E-state index contributed by atoms with van der Waals surface area (Å²) in [5.41, 5.74) is 6.45. The van der Waals surface area contributed by atoms with E-state index in [0.29, 0.717) is 0 Å². The molecule has 3 aromatic carbocycles. The summed E-state index contributed by atoms with van der Waals surface area (Å²) in [6.45, 7) is 4.50. The van der Waals surface area contributed by atoms with Crippen molar-refractivity contribution in [2.75, 3.05) is 12.5 Å². The summed E-state index contributed by atoms with van der Waals surface area (Å²) >= 11 is 6.56. The molecule has 0 saturated heterocycles. The maximum atomic E-state index is 9.56. The minimum absolute atomic E-state index is 0.611. The summed E-state index contributed by atoms with van der Waals surface area (Å²) < 4.78 is 11.6. The number of halogens is 1. The van der Waals surface area contributed by atoms with E-state index in [1.165, 1.54) is 11.1 Å². The van der Waals surface area contributed by atoms with Gasteiger partial charge in [-0.05, 0) is 28.8 Å². The van der Waals surface area contributed by atoms with Crippen molar-refractivity contribution in [3.05, 3.63) is 90.7 Å². The van der Waals surface area contributed by atoms with Crippen molar-refractivity contribution in [3.63, 3.8) is 0 Å². The molecule has 0 spiro atoms. The van der Waals surface area contributed by atoms with Gasteiger partial charge in [0, 0.05) is 35.4 Å². The highest BCUT2D eigenvalue weighted by molar-refractivity contribution is 7.83. The highest BCUT2D eigenvalue weighted by Crippen LogP contribution is 2.33. The lowest BCUT2D eigenvalue weighted by atomic mass is 10.00. The third-order valence-electron chi connectivity index (χ3n) is 4.34. The molecule has 3 nitrogen and oxygen atoms in total. The second kappa shape index (κ2) is 9.68. The molecule has 0 amide bonds. The van der Waals surface area contributed by atoms with Gasteiger partial charge in [0.25, 0.3) is 0 Å². The Hall–Kier alpha value is -2.69. The molecule has 4 aromatic rings. The van der Waals surface area contributed by atoms with Crippen LogP contribution in [-0.4, -0.2) is 26.3 Å². The fourth-order valence-corrected chi connectivity index (χ4v) is 3.32. The molecular formula is C24H23ClN2OS. The lowest BCUT2D eigenvalue weighted by molar-refractivity contribution is 0.690. The van der Waals surface area contributed by atoms with Crippen molar-refractivity contribution in [1.29, 1.82) is 0 Å². The number of imidazole rings is 1. The first-order chi connectivity index (χ1) is 14.0. The van der Waals surface area contributed by atoms with Gasteiger partial charge in [-0.3, -0.25) is 4.21 Å². The van der Waals surface area contributed by atoms with E-state index in [-0.39, 0.29) is 0 Å². The lowest BCUT2D eigenvalue weighted by Crippen LogP contribution is -1.92. The number of nitrogens with zero attached hydrogens (tertiary/aromatic N) is 2. The second-order valence-electron chi connectivity index (χ2n) is 6.69. The normalized spacial score (nSPS) is 10.6. The fraction of sp³-hybridized carbons (Fsp3) is 0.125. The predicted octanol–water partition coefficient (Wildman–Crippen LogP) is 6.20. The van der Waals surface area contributed by atoms with Crippen LogP contribution in [0.25, 0.3) is 33.3 Å². The van der Waals surface area contributed by atoms with Crippen LogP contribution in [0.4, 0.5) is 0 Å². The van der Waals surface area contributed by atoms with Gasteiger partial charge in [-0.1, -0.05) is 72.3 Å². The summed E-state index contributed by atoms with van der Waals surface area (Å²) in [6.07, 6.45) is 6.95. The van der Waals surface area contributed by atoms with Crippen LogP contribution in [-0.2, 0) is 17.3 Å². The van der Waals surface area contributed by atoms with Gasteiger partial charge < -0.3 is 4.57 Å². The highest BCUT2D eigenvalue weighted by Gasteiger charge is 2.10. The fourth-order valence-electron chi connectivity index (χ4n) is 3.06. The summed E-state index contributed by atoms with van der Waals surface area (Å²) in [5.74, 6) is 0. The maximum Gasteiger partial charge on any atom is 0.0961 e. The molecule has 1 aromatic heterocycles. The molecule has 0 atom stereocenters. The van der Waals surface area contributed by atoms with Gasteiger partial charge >= 0.3 is 0 Å². The van der Waals surface area contributed by atoms with Gasteiger partial charge in [-0.15, -0.1) is 6.58 Å². The van der Waals surface area contributed by atoms with Gasteiger partial charge in [0.15, 0.2) is 0 Å². The molecule has 29 heavy (non-hydrogen) atoms. The highest BCUT2D eigenvalue weighted by atomic mass is 35.5. The van der Waals surface area contributed by atoms with Crippen molar-refractivity contribution in [1.82, 2.24) is 9.55 Å². The Morgan fingerprint density at radius 2 is 1.59 bits per heavy atom. The van der Waals surface area contributed by atoms with Crippen molar-refractivity contribution in [2.24, 2.45) is 0 Å². The van der Waals surface area contributed by atoms with Crippen LogP contribution in [0.3, 0.4) is 0 Å². The smallest absolute Gasteiger partial charge is 0.0961 e. The maximum absolute atomic E-state index is 9.56. The molecule has 0 N–H and O–H groups in total. The molecule has 1 heterocycles. The summed E-state index contributed by atoms with van der Waals surface area (Å²) in [4.78, 5) is 4.49. The molecule has 0 fully saturated rings. The van der Waals surface area contributed by atoms with Crippen molar-refractivity contribution in [2.45, 2.75) is 6.54 Å². The van der Waals surface area contributed by atoms with E-state index in [1.54, 1.807) is 12.5 Å². The third kappa shape index (κ3) is 5.22. The molecule has 0 aliphatic carbocycles. The monoisotopic (exact) mass is 422 g/mol. The lowest BCUT2D eigenvalue weighted by Gasteiger charge is -2.08. The van der Waals surface area contributed by atoms with Crippen LogP contribution in [0.2, 0.25) is 5.02 Å². The number of hydrogen-bond acceptors (Lipinski definition) is 2. The van der Waals surface area contributed by atoms with E-state index in [4.69, 9.17) is 11.6 Å². The van der Waals surface area contributed by atoms with Crippen molar-refractivity contribution < 1.29 is 4.21 Å². The summed E-state index contributed by atoms with van der Waals surface area (Å²) in [7, 11) is -0.611. The van der Waals surface area contributed by atoms with E-state index in [2.05, 4.69) is 54.0 Å². The van der Waals surface area contributed by atoms with Gasteiger partial charge in [0.1, 0.15) is 0 Å². The first-order valence-electron chi connectivity index (χ1n) is 9.16. The quantitative estimate of drug-likeness (QED) is 0.367. The minimum Gasteiger partial charge on any atom is -0.327 e. The Labute approximate surface area is 179 Å². The second-order valence-corrected chi connectivity index (χ2v) is 8.58. The first kappa shape index (κ1) is 21.0. The van der Waals surface area contributed by atoms with Crippen molar-refractivity contribution >= 4 is 33.4 Å². The van der Waals surface area contributed by atoms with Crippen LogP contribution >= 0.6 is 11.6 Å². The third-order valence-corrected chi connectivity index (χ3v) is 4.65. The summed E-state index contributed by atoms with van der Waals surface area (Å²) in [6, 6.07) is 22.8. The van der Waals surface area contributed by atoms with Crippen molar-refractivity contribution in [3.8, 4) is 22.3 Å². The summed E-state index contributed by atoms with van der Waals surface area (Å²) in [5, 5.41) is 0.728. The van der Waals surface area contributed by atoms with E-state index in [1.807, 2.05) is 41.2 Å². The number of fused-ring (bicyclic) bond motifs is 1. The Balaban J connectivity index is 0.000000552.